The van der Waals surface area contributed by atoms with Crippen molar-refractivity contribution in [2.24, 2.45) is 0 Å². The average molecular weight is 366 g/mol. The normalized spacial score (nSPS) is 15.7. The van der Waals surface area contributed by atoms with E-state index in [-0.39, 0.29) is 0 Å². The molecule has 2 nitrogen and oxygen atoms in total. The lowest BCUT2D eigenvalue weighted by Gasteiger charge is -2.03. The van der Waals surface area contributed by atoms with Gasteiger partial charge >= 0.3 is 5.97 Å². The molecule has 0 spiro atoms. The summed E-state index contributed by atoms with van der Waals surface area (Å²) in [6.45, 7) is 2.00. The maximum absolute atomic E-state index is 12.1. The second-order valence-electron chi connectivity index (χ2n) is 5.15. The molecule has 0 radical (unpaired) electrons. The zero-order valence-electron chi connectivity index (χ0n) is 12.1. The number of benzene rings is 2. The molecule has 5 heteroatoms. The second-order valence-corrected chi connectivity index (χ2v) is 6.38. The molecule has 0 unspecified atom stereocenters. The number of esters is 1. The molecule has 0 atom stereocenters. The number of rotatable bonds is 2. The first-order chi connectivity index (χ1) is 10.9. The molecule has 0 saturated heterocycles. The molecular formula is C18H11Cl3O2. The van der Waals surface area contributed by atoms with Gasteiger partial charge in [-0.25, -0.2) is 4.79 Å². The summed E-state index contributed by atoms with van der Waals surface area (Å²) in [4.78, 5) is 12.1. The van der Waals surface area contributed by atoms with Gasteiger partial charge in [0.1, 0.15) is 5.76 Å². The maximum atomic E-state index is 12.1. The molecule has 1 heterocycles. The van der Waals surface area contributed by atoms with Gasteiger partial charge in [-0.2, -0.15) is 0 Å². The molecule has 3 rings (SSSR count). The topological polar surface area (TPSA) is 26.3 Å². The lowest BCUT2D eigenvalue weighted by molar-refractivity contribution is -0.130. The van der Waals surface area contributed by atoms with Crippen LogP contribution in [0, 0.1) is 6.92 Å². The molecule has 2 aromatic carbocycles. The van der Waals surface area contributed by atoms with Gasteiger partial charge in [0.15, 0.2) is 0 Å². The molecule has 1 aliphatic rings. The summed E-state index contributed by atoms with van der Waals surface area (Å²) in [6.07, 6.45) is 3.29. The number of cyclic esters (lactones) is 1. The van der Waals surface area contributed by atoms with E-state index in [1.54, 1.807) is 24.3 Å². The van der Waals surface area contributed by atoms with Crippen LogP contribution in [-0.2, 0) is 9.53 Å². The number of hydrogen-bond donors (Lipinski definition) is 0. The zero-order chi connectivity index (χ0) is 16.6. The molecule has 2 aromatic rings. The van der Waals surface area contributed by atoms with E-state index in [1.165, 1.54) is 0 Å². The third kappa shape index (κ3) is 3.45. The zero-order valence-corrected chi connectivity index (χ0v) is 14.3. The van der Waals surface area contributed by atoms with E-state index in [1.807, 2.05) is 31.2 Å². The highest BCUT2D eigenvalue weighted by Crippen LogP contribution is 2.33. The summed E-state index contributed by atoms with van der Waals surface area (Å²) >= 11 is 18.1. The molecule has 0 bridgehead atoms. The van der Waals surface area contributed by atoms with Gasteiger partial charge in [0, 0.05) is 10.6 Å². The van der Waals surface area contributed by atoms with Crippen molar-refractivity contribution in [2.45, 2.75) is 6.92 Å². The van der Waals surface area contributed by atoms with Crippen LogP contribution < -0.4 is 0 Å². The largest absolute Gasteiger partial charge is 0.422 e. The predicted molar refractivity (Wildman–Crippen MR) is 94.7 cm³/mol. The molecular weight excluding hydrogens is 355 g/mol. The Kier molecular flexibility index (Phi) is 4.49. The van der Waals surface area contributed by atoms with Crippen molar-refractivity contribution in [1.82, 2.24) is 0 Å². The summed E-state index contributed by atoms with van der Waals surface area (Å²) in [5, 5.41) is 1.12. The van der Waals surface area contributed by atoms with Crippen LogP contribution in [0.15, 0.2) is 48.0 Å². The fourth-order valence-corrected chi connectivity index (χ4v) is 2.87. The summed E-state index contributed by atoms with van der Waals surface area (Å²) in [6, 6.07) is 10.9. The Hall–Kier alpha value is -1.74. The van der Waals surface area contributed by atoms with E-state index in [9.17, 15) is 4.79 Å². The monoisotopic (exact) mass is 364 g/mol. The highest BCUT2D eigenvalue weighted by atomic mass is 35.5. The van der Waals surface area contributed by atoms with Crippen molar-refractivity contribution in [2.75, 3.05) is 0 Å². The van der Waals surface area contributed by atoms with Crippen molar-refractivity contribution < 1.29 is 9.53 Å². The van der Waals surface area contributed by atoms with Crippen LogP contribution in [0.2, 0.25) is 15.1 Å². The Morgan fingerprint density at radius 2 is 1.74 bits per heavy atom. The first-order valence-electron chi connectivity index (χ1n) is 6.81. The van der Waals surface area contributed by atoms with Crippen LogP contribution >= 0.6 is 34.8 Å². The number of carbonyl (C=O) groups is 1. The molecule has 0 N–H and O–H groups in total. The van der Waals surface area contributed by atoms with Crippen LogP contribution in [0.3, 0.4) is 0 Å². The Labute approximate surface area is 148 Å². The van der Waals surface area contributed by atoms with Crippen molar-refractivity contribution in [1.29, 1.82) is 0 Å². The van der Waals surface area contributed by atoms with Gasteiger partial charge in [-0.1, -0.05) is 64.6 Å². The highest BCUT2D eigenvalue weighted by molar-refractivity contribution is 6.44. The van der Waals surface area contributed by atoms with E-state index in [2.05, 4.69) is 0 Å². The van der Waals surface area contributed by atoms with Crippen molar-refractivity contribution >= 4 is 52.6 Å². The van der Waals surface area contributed by atoms with Crippen LogP contribution in [0.4, 0.5) is 0 Å². The molecule has 0 aliphatic carbocycles. The van der Waals surface area contributed by atoms with Gasteiger partial charge in [0.25, 0.3) is 0 Å². The Morgan fingerprint density at radius 3 is 2.43 bits per heavy atom. The van der Waals surface area contributed by atoms with E-state index < -0.39 is 5.97 Å². The third-order valence-corrected chi connectivity index (χ3v) is 4.43. The number of ether oxygens (including phenoxy) is 1. The molecule has 1 aliphatic heterocycles. The average Bonchev–Trinajstić information content (AvgIpc) is 2.86. The molecule has 0 fully saturated rings. The molecule has 0 saturated carbocycles. The van der Waals surface area contributed by atoms with Crippen LogP contribution in [0.5, 0.6) is 0 Å². The molecule has 0 amide bonds. The summed E-state index contributed by atoms with van der Waals surface area (Å²) in [5.74, 6) is 0.0678. The number of hydrogen-bond acceptors (Lipinski definition) is 2. The minimum atomic E-state index is -0.437. The third-order valence-electron chi connectivity index (χ3n) is 3.39. The Balaban J connectivity index is 2.00. The lowest BCUT2D eigenvalue weighted by atomic mass is 10.1. The highest BCUT2D eigenvalue weighted by Gasteiger charge is 2.22. The van der Waals surface area contributed by atoms with E-state index in [4.69, 9.17) is 39.5 Å². The van der Waals surface area contributed by atoms with E-state index in [0.29, 0.717) is 32.0 Å². The van der Waals surface area contributed by atoms with Crippen molar-refractivity contribution in [3.05, 3.63) is 79.8 Å². The van der Waals surface area contributed by atoms with Gasteiger partial charge in [-0.05, 0) is 36.8 Å². The minimum absolute atomic E-state index is 0.333. The Bertz CT molecular complexity index is 849. The fraction of sp³-hybridized carbons (Fsp3) is 0.0556. The number of carbonyl (C=O) groups excluding carboxylic acids is 1. The van der Waals surface area contributed by atoms with Gasteiger partial charge in [-0.3, -0.25) is 0 Å². The summed E-state index contributed by atoms with van der Waals surface area (Å²) < 4.78 is 5.32. The van der Waals surface area contributed by atoms with E-state index in [0.717, 1.165) is 11.1 Å². The lowest BCUT2D eigenvalue weighted by Crippen LogP contribution is -1.97. The minimum Gasteiger partial charge on any atom is -0.422 e. The van der Waals surface area contributed by atoms with Crippen LogP contribution in [-0.4, -0.2) is 5.97 Å². The van der Waals surface area contributed by atoms with Gasteiger partial charge in [-0.15, -0.1) is 0 Å². The van der Waals surface area contributed by atoms with Crippen molar-refractivity contribution in [3.8, 4) is 0 Å². The Morgan fingerprint density at radius 1 is 1.04 bits per heavy atom. The summed E-state index contributed by atoms with van der Waals surface area (Å²) in [5.41, 5.74) is 2.93. The standard InChI is InChI=1S/C18H11Cl3O2/c1-10-2-4-11(5-3-10)16-8-13(18(22)23-16)6-12-7-14(19)9-15(20)17(12)21/h2-9H,1H3/b13-6-. The second kappa shape index (κ2) is 6.40. The molecule has 0 aromatic heterocycles. The van der Waals surface area contributed by atoms with Crippen LogP contribution in [0.25, 0.3) is 11.8 Å². The molecule has 23 heavy (non-hydrogen) atoms. The summed E-state index contributed by atoms with van der Waals surface area (Å²) in [7, 11) is 0. The first-order valence-corrected chi connectivity index (χ1v) is 7.94. The van der Waals surface area contributed by atoms with Crippen molar-refractivity contribution in [3.63, 3.8) is 0 Å². The molecule has 116 valence electrons. The quantitative estimate of drug-likeness (QED) is 0.374. The van der Waals surface area contributed by atoms with E-state index >= 15 is 0 Å². The van der Waals surface area contributed by atoms with Crippen LogP contribution in [0.1, 0.15) is 16.7 Å². The smallest absolute Gasteiger partial charge is 0.343 e. The maximum Gasteiger partial charge on any atom is 0.343 e. The first kappa shape index (κ1) is 16.1. The van der Waals surface area contributed by atoms with Gasteiger partial charge in [0.2, 0.25) is 0 Å². The predicted octanol–water partition coefficient (Wildman–Crippen LogP) is 5.94. The van der Waals surface area contributed by atoms with Gasteiger partial charge in [0.05, 0.1) is 15.6 Å². The number of halogens is 3. The fourth-order valence-electron chi connectivity index (χ4n) is 2.20. The SMILES string of the molecule is Cc1ccc(C2=C/C(=C/c3cc(Cl)cc(Cl)c3Cl)C(=O)O2)cc1. The number of aryl methyl sites for hydroxylation is 1. The van der Waals surface area contributed by atoms with Gasteiger partial charge < -0.3 is 4.74 Å².